The van der Waals surface area contributed by atoms with Gasteiger partial charge in [-0.25, -0.2) is 9.69 Å². The van der Waals surface area contributed by atoms with E-state index >= 15 is 0 Å². The zero-order valence-electron chi connectivity index (χ0n) is 14.5. The summed E-state index contributed by atoms with van der Waals surface area (Å²) in [4.78, 5) is 38.3. The predicted octanol–water partition coefficient (Wildman–Crippen LogP) is 3.82. The summed E-state index contributed by atoms with van der Waals surface area (Å²) in [6, 6.07) is 8.86. The average molecular weight is 557 g/mol. The number of carbonyl (C=O) groups excluding carboxylic acids is 3. The van der Waals surface area contributed by atoms with Gasteiger partial charge in [-0.05, 0) is 77.6 Å². The molecular weight excluding hydrogens is 543 g/mol. The molecule has 2 aromatic rings. The zero-order chi connectivity index (χ0) is 20.4. The first-order valence-electron chi connectivity index (χ1n) is 8.14. The van der Waals surface area contributed by atoms with E-state index in [9.17, 15) is 19.5 Å². The lowest BCUT2D eigenvalue weighted by Gasteiger charge is -2.26. The highest BCUT2D eigenvalue weighted by Gasteiger charge is 2.36. The monoisotopic (exact) mass is 556 g/mol. The largest absolute Gasteiger partial charge is 0.504 e. The molecular formula is C19H14BrIN2O5. The van der Waals surface area contributed by atoms with Gasteiger partial charge in [0.25, 0.3) is 11.8 Å². The maximum atomic E-state index is 12.9. The first-order chi connectivity index (χ1) is 13.3. The van der Waals surface area contributed by atoms with Gasteiger partial charge in [-0.3, -0.25) is 14.9 Å². The fraction of sp³-hybridized carbons (Fsp3) is 0.105. The SMILES string of the molecule is CCOc1cc(/C=C2\C(=O)NC(=O)N(c3ccc(Br)cc3)C2=O)cc(I)c1O. The maximum absolute atomic E-state index is 12.9. The molecule has 144 valence electrons. The number of halogens is 2. The van der Waals surface area contributed by atoms with Crippen molar-refractivity contribution in [2.24, 2.45) is 0 Å². The van der Waals surface area contributed by atoms with E-state index in [1.54, 1.807) is 37.3 Å². The zero-order valence-corrected chi connectivity index (χ0v) is 18.3. The number of hydrogen-bond acceptors (Lipinski definition) is 5. The Morgan fingerprint density at radius 3 is 2.54 bits per heavy atom. The number of nitrogens with zero attached hydrogens (tertiary/aromatic N) is 1. The summed E-state index contributed by atoms with van der Waals surface area (Å²) in [5.74, 6) is -1.30. The molecule has 4 amide bonds. The van der Waals surface area contributed by atoms with Crippen LogP contribution < -0.4 is 15.0 Å². The van der Waals surface area contributed by atoms with Crippen molar-refractivity contribution >= 4 is 68.1 Å². The van der Waals surface area contributed by atoms with E-state index in [0.717, 1.165) is 9.37 Å². The van der Waals surface area contributed by atoms with Gasteiger partial charge in [-0.15, -0.1) is 0 Å². The quantitative estimate of drug-likeness (QED) is 0.339. The van der Waals surface area contributed by atoms with Crippen LogP contribution in [0.5, 0.6) is 11.5 Å². The fourth-order valence-electron chi connectivity index (χ4n) is 2.59. The van der Waals surface area contributed by atoms with Crippen LogP contribution in [-0.2, 0) is 9.59 Å². The number of barbiturate groups is 1. The van der Waals surface area contributed by atoms with Crippen LogP contribution in [0.1, 0.15) is 12.5 Å². The third-order valence-electron chi connectivity index (χ3n) is 3.85. The van der Waals surface area contributed by atoms with Crippen molar-refractivity contribution in [2.45, 2.75) is 6.92 Å². The molecule has 1 heterocycles. The van der Waals surface area contributed by atoms with E-state index in [1.165, 1.54) is 12.1 Å². The number of urea groups is 1. The Kier molecular flexibility index (Phi) is 6.04. The number of hydrogen-bond donors (Lipinski definition) is 2. The molecule has 0 aromatic heterocycles. The van der Waals surface area contributed by atoms with Crippen molar-refractivity contribution in [3.63, 3.8) is 0 Å². The lowest BCUT2D eigenvalue weighted by Crippen LogP contribution is -2.54. The molecule has 2 aromatic carbocycles. The second-order valence-corrected chi connectivity index (χ2v) is 7.79. The van der Waals surface area contributed by atoms with Crippen LogP contribution in [0.15, 0.2) is 46.4 Å². The molecule has 0 saturated carbocycles. The molecule has 2 N–H and O–H groups in total. The van der Waals surface area contributed by atoms with E-state index in [4.69, 9.17) is 4.74 Å². The molecule has 7 nitrogen and oxygen atoms in total. The van der Waals surface area contributed by atoms with E-state index < -0.39 is 17.8 Å². The molecule has 1 aliphatic heterocycles. The first kappa shape index (κ1) is 20.3. The van der Waals surface area contributed by atoms with Crippen LogP contribution >= 0.6 is 38.5 Å². The summed E-state index contributed by atoms with van der Waals surface area (Å²) >= 11 is 5.22. The summed E-state index contributed by atoms with van der Waals surface area (Å²) in [7, 11) is 0. The van der Waals surface area contributed by atoms with Gasteiger partial charge in [0.1, 0.15) is 5.57 Å². The van der Waals surface area contributed by atoms with E-state index in [0.29, 0.717) is 21.4 Å². The number of nitrogens with one attached hydrogen (secondary N) is 1. The molecule has 0 atom stereocenters. The summed E-state index contributed by atoms with van der Waals surface area (Å²) in [5.41, 5.74) is 0.611. The molecule has 1 saturated heterocycles. The number of rotatable bonds is 4. The summed E-state index contributed by atoms with van der Waals surface area (Å²) in [6.45, 7) is 2.12. The number of amides is 4. The van der Waals surface area contributed by atoms with Gasteiger partial charge in [0, 0.05) is 4.47 Å². The summed E-state index contributed by atoms with van der Waals surface area (Å²) in [6.07, 6.45) is 1.36. The number of anilines is 1. The predicted molar refractivity (Wildman–Crippen MR) is 115 cm³/mol. The molecule has 0 spiro atoms. The summed E-state index contributed by atoms with van der Waals surface area (Å²) < 4.78 is 6.67. The number of benzene rings is 2. The van der Waals surface area contributed by atoms with E-state index in [1.807, 2.05) is 22.6 Å². The third-order valence-corrected chi connectivity index (χ3v) is 5.20. The Morgan fingerprint density at radius 2 is 1.89 bits per heavy atom. The minimum atomic E-state index is -0.815. The highest BCUT2D eigenvalue weighted by atomic mass is 127. The van der Waals surface area contributed by atoms with Crippen LogP contribution in [0.25, 0.3) is 6.08 Å². The topological polar surface area (TPSA) is 95.9 Å². The number of phenolic OH excluding ortho intramolecular Hbond substituents is 1. The standard InChI is InChI=1S/C19H14BrIN2O5/c1-2-28-15-9-10(8-14(21)16(15)24)7-13-17(25)22-19(27)23(18(13)26)12-5-3-11(20)4-6-12/h3-9,24H,2H2,1H3,(H,22,25,27)/b13-7+. The minimum Gasteiger partial charge on any atom is -0.504 e. The molecule has 0 unspecified atom stereocenters. The Morgan fingerprint density at radius 1 is 1.21 bits per heavy atom. The van der Waals surface area contributed by atoms with Gasteiger partial charge in [0.05, 0.1) is 15.9 Å². The third kappa shape index (κ3) is 4.04. The van der Waals surface area contributed by atoms with Gasteiger partial charge in [-0.1, -0.05) is 15.9 Å². The molecule has 0 bridgehead atoms. The number of ether oxygens (including phenoxy) is 1. The molecule has 28 heavy (non-hydrogen) atoms. The summed E-state index contributed by atoms with van der Waals surface area (Å²) in [5, 5.41) is 12.2. The van der Waals surface area contributed by atoms with E-state index in [2.05, 4.69) is 21.2 Å². The van der Waals surface area contributed by atoms with Crippen LogP contribution in [-0.4, -0.2) is 29.6 Å². The maximum Gasteiger partial charge on any atom is 0.335 e. The van der Waals surface area contributed by atoms with E-state index in [-0.39, 0.29) is 17.1 Å². The Hall–Kier alpha value is -2.40. The number of phenols is 1. The fourth-order valence-corrected chi connectivity index (χ4v) is 3.48. The van der Waals surface area contributed by atoms with Gasteiger partial charge < -0.3 is 9.84 Å². The van der Waals surface area contributed by atoms with Gasteiger partial charge >= 0.3 is 6.03 Å². The second-order valence-electron chi connectivity index (χ2n) is 5.72. The molecule has 1 aliphatic rings. The van der Waals surface area contributed by atoms with Crippen molar-refractivity contribution in [1.82, 2.24) is 5.32 Å². The van der Waals surface area contributed by atoms with Crippen molar-refractivity contribution < 1.29 is 24.2 Å². The molecule has 0 radical (unpaired) electrons. The normalized spacial score (nSPS) is 15.8. The van der Waals surface area contributed by atoms with Crippen LogP contribution in [0.2, 0.25) is 0 Å². The van der Waals surface area contributed by atoms with Crippen LogP contribution in [0, 0.1) is 3.57 Å². The molecule has 0 aliphatic carbocycles. The number of imide groups is 2. The highest BCUT2D eigenvalue weighted by Crippen LogP contribution is 2.34. The second kappa shape index (κ2) is 8.31. The van der Waals surface area contributed by atoms with Crippen LogP contribution in [0.4, 0.5) is 10.5 Å². The van der Waals surface area contributed by atoms with Gasteiger partial charge in [0.2, 0.25) is 0 Å². The lowest BCUT2D eigenvalue weighted by molar-refractivity contribution is -0.122. The lowest BCUT2D eigenvalue weighted by atomic mass is 10.1. The van der Waals surface area contributed by atoms with Gasteiger partial charge in [0.15, 0.2) is 11.5 Å². The smallest absolute Gasteiger partial charge is 0.335 e. The van der Waals surface area contributed by atoms with Crippen molar-refractivity contribution in [3.05, 3.63) is 55.6 Å². The molecule has 1 fully saturated rings. The van der Waals surface area contributed by atoms with Crippen molar-refractivity contribution in [1.29, 1.82) is 0 Å². The molecule has 3 rings (SSSR count). The number of carbonyl (C=O) groups is 3. The Labute approximate surface area is 182 Å². The minimum absolute atomic E-state index is 0.0179. The average Bonchev–Trinajstić information content (AvgIpc) is 2.64. The number of aromatic hydroxyl groups is 1. The highest BCUT2D eigenvalue weighted by molar-refractivity contribution is 14.1. The Bertz CT molecular complexity index is 1000. The van der Waals surface area contributed by atoms with Gasteiger partial charge in [-0.2, -0.15) is 0 Å². The van der Waals surface area contributed by atoms with Crippen molar-refractivity contribution in [2.75, 3.05) is 11.5 Å². The van der Waals surface area contributed by atoms with Crippen molar-refractivity contribution in [3.8, 4) is 11.5 Å². The first-order valence-corrected chi connectivity index (χ1v) is 10.0. The Balaban J connectivity index is 2.03. The molecule has 9 heteroatoms. The van der Waals surface area contributed by atoms with Crippen LogP contribution in [0.3, 0.4) is 0 Å².